The van der Waals surface area contributed by atoms with Gasteiger partial charge < -0.3 is 5.32 Å². The average Bonchev–Trinajstić information content (AvgIpc) is 1.96. The second-order valence-electron chi connectivity index (χ2n) is 3.05. The molecule has 0 bridgehead atoms. The minimum Gasteiger partial charge on any atom is -0.315 e. The molecule has 2 unspecified atom stereocenters. The Balaban J connectivity index is 2.57. The highest BCUT2D eigenvalue weighted by molar-refractivity contribution is 7.93. The van der Waals surface area contributed by atoms with Gasteiger partial charge >= 0.3 is 0 Å². The Hall–Kier alpha value is -0.0900. The summed E-state index contributed by atoms with van der Waals surface area (Å²) < 4.78 is 22.3. The number of hydrogen-bond acceptors (Lipinski definition) is 3. The van der Waals surface area contributed by atoms with Crippen LogP contribution in [0, 0.1) is 0 Å². The first-order valence-electron chi connectivity index (χ1n) is 4.00. The van der Waals surface area contributed by atoms with Crippen LogP contribution in [0.4, 0.5) is 0 Å². The van der Waals surface area contributed by atoms with E-state index in [2.05, 4.69) is 5.32 Å². The summed E-state index contributed by atoms with van der Waals surface area (Å²) in [5.74, 6) is 0.328. The van der Waals surface area contributed by atoms with Gasteiger partial charge in [0.2, 0.25) is 0 Å². The third-order valence-corrected chi connectivity index (χ3v) is 4.58. The third kappa shape index (κ3) is 1.56. The molecule has 0 radical (unpaired) electrons. The summed E-state index contributed by atoms with van der Waals surface area (Å²) >= 11 is 0. The summed E-state index contributed by atoms with van der Waals surface area (Å²) in [4.78, 5) is 0. The van der Waals surface area contributed by atoms with Crippen molar-refractivity contribution in [2.75, 3.05) is 12.8 Å². The molecule has 1 N–H and O–H groups in total. The van der Waals surface area contributed by atoms with E-state index in [1.54, 1.807) is 0 Å². The van der Waals surface area contributed by atoms with E-state index in [1.807, 2.05) is 14.0 Å². The Bertz CT molecular complexity index is 223. The molecule has 4 heteroatoms. The molecule has 1 fully saturated rings. The van der Waals surface area contributed by atoms with Crippen LogP contribution in [0.2, 0.25) is 0 Å². The van der Waals surface area contributed by atoms with E-state index in [0.717, 1.165) is 12.8 Å². The second kappa shape index (κ2) is 3.11. The normalized spacial score (nSPS) is 34.7. The summed E-state index contributed by atoms with van der Waals surface area (Å²) in [5, 5.41) is 2.90. The highest BCUT2D eigenvalue weighted by Gasteiger charge is 2.43. The topological polar surface area (TPSA) is 46.2 Å². The van der Waals surface area contributed by atoms with Crippen LogP contribution in [-0.4, -0.2) is 32.5 Å². The van der Waals surface area contributed by atoms with Crippen molar-refractivity contribution in [2.24, 2.45) is 0 Å². The Morgan fingerprint density at radius 1 is 1.55 bits per heavy atom. The van der Waals surface area contributed by atoms with Gasteiger partial charge in [0.25, 0.3) is 0 Å². The van der Waals surface area contributed by atoms with Gasteiger partial charge in [0.15, 0.2) is 9.84 Å². The molecule has 2 atom stereocenters. The van der Waals surface area contributed by atoms with Crippen molar-refractivity contribution in [2.45, 2.75) is 31.1 Å². The van der Waals surface area contributed by atoms with Crippen molar-refractivity contribution in [1.29, 1.82) is 0 Å². The summed E-state index contributed by atoms with van der Waals surface area (Å²) in [7, 11) is -0.887. The van der Waals surface area contributed by atoms with Gasteiger partial charge in [0.05, 0.1) is 11.0 Å². The van der Waals surface area contributed by atoms with Gasteiger partial charge in [-0.2, -0.15) is 0 Å². The van der Waals surface area contributed by atoms with Gasteiger partial charge in [-0.25, -0.2) is 8.42 Å². The minimum absolute atomic E-state index is 0.113. The SMILES string of the molecule is CCCC1C(NC)CS1(=O)=O. The van der Waals surface area contributed by atoms with Crippen LogP contribution in [0.3, 0.4) is 0 Å². The van der Waals surface area contributed by atoms with E-state index in [9.17, 15) is 8.42 Å². The number of nitrogens with one attached hydrogen (secondary N) is 1. The fourth-order valence-corrected chi connectivity index (χ4v) is 3.66. The van der Waals surface area contributed by atoms with Crippen LogP contribution in [0.25, 0.3) is 0 Å². The van der Waals surface area contributed by atoms with Crippen LogP contribution < -0.4 is 5.32 Å². The molecule has 0 saturated carbocycles. The molecular formula is C7H15NO2S. The largest absolute Gasteiger partial charge is 0.315 e. The fourth-order valence-electron chi connectivity index (χ4n) is 1.54. The zero-order chi connectivity index (χ0) is 8.48. The number of rotatable bonds is 3. The quantitative estimate of drug-likeness (QED) is 0.668. The molecule has 3 nitrogen and oxygen atoms in total. The summed E-state index contributed by atoms with van der Waals surface area (Å²) in [6.45, 7) is 2.01. The molecule has 1 heterocycles. The Morgan fingerprint density at radius 2 is 2.18 bits per heavy atom. The van der Waals surface area contributed by atoms with Crippen molar-refractivity contribution in [1.82, 2.24) is 5.32 Å². The molecule has 1 aliphatic rings. The molecule has 0 aliphatic carbocycles. The first-order chi connectivity index (χ1) is 5.11. The Kier molecular flexibility index (Phi) is 2.54. The molecule has 66 valence electrons. The van der Waals surface area contributed by atoms with Gasteiger partial charge in [-0.15, -0.1) is 0 Å². The average molecular weight is 177 g/mol. The highest BCUT2D eigenvalue weighted by atomic mass is 32.2. The van der Waals surface area contributed by atoms with Crippen molar-refractivity contribution < 1.29 is 8.42 Å². The van der Waals surface area contributed by atoms with Crippen LogP contribution in [-0.2, 0) is 9.84 Å². The highest BCUT2D eigenvalue weighted by Crippen LogP contribution is 2.25. The van der Waals surface area contributed by atoms with E-state index >= 15 is 0 Å². The van der Waals surface area contributed by atoms with Crippen LogP contribution >= 0.6 is 0 Å². The standard InChI is InChI=1S/C7H15NO2S/c1-3-4-7-6(8-2)5-11(7,9)10/h6-8H,3-5H2,1-2H3. The van der Waals surface area contributed by atoms with Gasteiger partial charge in [-0.05, 0) is 13.5 Å². The minimum atomic E-state index is -2.71. The summed E-state index contributed by atoms with van der Waals surface area (Å²) in [6, 6.07) is 0.208. The molecule has 1 saturated heterocycles. The van der Waals surface area contributed by atoms with E-state index in [4.69, 9.17) is 0 Å². The lowest BCUT2D eigenvalue weighted by Gasteiger charge is -2.35. The van der Waals surface area contributed by atoms with Crippen LogP contribution in [0.5, 0.6) is 0 Å². The molecule has 0 amide bonds. The van der Waals surface area contributed by atoms with E-state index in [0.29, 0.717) is 5.75 Å². The fraction of sp³-hybridized carbons (Fsp3) is 1.00. The second-order valence-corrected chi connectivity index (χ2v) is 5.32. The van der Waals surface area contributed by atoms with Gasteiger partial charge in [0, 0.05) is 6.04 Å². The maximum Gasteiger partial charge on any atom is 0.156 e. The molecule has 0 aromatic rings. The zero-order valence-electron chi connectivity index (χ0n) is 7.00. The molecular weight excluding hydrogens is 162 g/mol. The molecule has 0 spiro atoms. The van der Waals surface area contributed by atoms with Crippen molar-refractivity contribution in [3.05, 3.63) is 0 Å². The maximum absolute atomic E-state index is 11.1. The summed E-state index contributed by atoms with van der Waals surface area (Å²) in [6.07, 6.45) is 1.75. The maximum atomic E-state index is 11.1. The smallest absolute Gasteiger partial charge is 0.156 e. The number of sulfone groups is 1. The van der Waals surface area contributed by atoms with E-state index < -0.39 is 9.84 Å². The molecule has 0 aromatic carbocycles. The number of hydrogen-bond donors (Lipinski definition) is 1. The lowest BCUT2D eigenvalue weighted by Crippen LogP contribution is -2.57. The first-order valence-corrected chi connectivity index (χ1v) is 5.72. The zero-order valence-corrected chi connectivity index (χ0v) is 7.82. The van der Waals surface area contributed by atoms with Crippen molar-refractivity contribution >= 4 is 9.84 Å². The van der Waals surface area contributed by atoms with Crippen LogP contribution in [0.1, 0.15) is 19.8 Å². The van der Waals surface area contributed by atoms with Gasteiger partial charge in [0.1, 0.15) is 0 Å². The molecule has 0 aromatic heterocycles. The Morgan fingerprint density at radius 3 is 2.55 bits per heavy atom. The lowest BCUT2D eigenvalue weighted by molar-refractivity contribution is 0.457. The predicted molar refractivity (Wildman–Crippen MR) is 45.3 cm³/mol. The van der Waals surface area contributed by atoms with Crippen molar-refractivity contribution in [3.63, 3.8) is 0 Å². The van der Waals surface area contributed by atoms with Crippen LogP contribution in [0.15, 0.2) is 0 Å². The van der Waals surface area contributed by atoms with Gasteiger partial charge in [-0.3, -0.25) is 0 Å². The molecule has 11 heavy (non-hydrogen) atoms. The Labute approximate surface area is 68.1 Å². The van der Waals surface area contributed by atoms with E-state index in [1.165, 1.54) is 0 Å². The third-order valence-electron chi connectivity index (χ3n) is 2.27. The predicted octanol–water partition coefficient (Wildman–Crippen LogP) is 0.172. The van der Waals surface area contributed by atoms with Gasteiger partial charge in [-0.1, -0.05) is 13.3 Å². The first kappa shape index (κ1) is 9.00. The van der Waals surface area contributed by atoms with Crippen molar-refractivity contribution in [3.8, 4) is 0 Å². The lowest BCUT2D eigenvalue weighted by atomic mass is 10.1. The molecule has 1 aliphatic heterocycles. The monoisotopic (exact) mass is 177 g/mol. The summed E-state index contributed by atoms with van der Waals surface area (Å²) in [5.41, 5.74) is 0. The van der Waals surface area contributed by atoms with E-state index in [-0.39, 0.29) is 11.3 Å². The molecule has 1 rings (SSSR count).